The molecule has 2 aliphatic heterocycles. The summed E-state index contributed by atoms with van der Waals surface area (Å²) in [6, 6.07) is 46.2. The van der Waals surface area contributed by atoms with E-state index in [1.54, 1.807) is 48.5 Å². The molecule has 2 N–H and O–H groups in total. The van der Waals surface area contributed by atoms with Gasteiger partial charge in [0.2, 0.25) is 11.8 Å². The molecule has 2 amide bonds. The Kier molecular flexibility index (Phi) is 18.0. The SMILES string of the molecule is O=C(NC(c1ccc(F)cc1)c1ccc(Cl)cc1)C1CCN(CCOc2ccccc2)CC1.O=C(NC(c1ccc(F)cc1)c1ccc(Cl)cc1)C1CCN(CCOc2ccccc2)CC1. The minimum absolute atomic E-state index is 0.0273. The number of carbonyl (C=O) groups excluding carboxylic acids is 2. The van der Waals surface area contributed by atoms with Gasteiger partial charge in [-0.2, -0.15) is 0 Å². The highest BCUT2D eigenvalue weighted by Crippen LogP contribution is 2.28. The van der Waals surface area contributed by atoms with Gasteiger partial charge in [0, 0.05) is 35.0 Å². The number of nitrogens with zero attached hydrogens (tertiary/aromatic N) is 2. The lowest BCUT2D eigenvalue weighted by molar-refractivity contribution is -0.127. The molecule has 8 nitrogen and oxygen atoms in total. The molecule has 344 valence electrons. The van der Waals surface area contributed by atoms with E-state index in [9.17, 15) is 18.4 Å². The minimum Gasteiger partial charge on any atom is -0.492 e. The van der Waals surface area contributed by atoms with Crippen LogP contribution in [-0.2, 0) is 9.59 Å². The highest BCUT2D eigenvalue weighted by molar-refractivity contribution is 6.30. The fourth-order valence-corrected chi connectivity index (χ4v) is 8.57. The Morgan fingerprint density at radius 1 is 0.485 bits per heavy atom. The van der Waals surface area contributed by atoms with Crippen LogP contribution in [-0.4, -0.2) is 74.1 Å². The third kappa shape index (κ3) is 14.6. The molecular weight excluding hydrogens is 878 g/mol. The molecule has 12 heteroatoms. The quantitative estimate of drug-likeness (QED) is 0.101. The standard InChI is InChI=1S/2C27H28ClFN2O2/c2*28-23-10-6-20(7-11-23)26(21-8-12-24(29)13-9-21)30-27(32)22-14-16-31(17-15-22)18-19-33-25-4-2-1-3-5-25/h2*1-13,22,26H,14-19H2,(H,30,32). The lowest BCUT2D eigenvalue weighted by Crippen LogP contribution is -2.42. The molecule has 2 aliphatic rings. The van der Waals surface area contributed by atoms with Crippen LogP contribution in [0.15, 0.2) is 158 Å². The van der Waals surface area contributed by atoms with E-state index >= 15 is 0 Å². The van der Waals surface area contributed by atoms with Crippen molar-refractivity contribution in [1.29, 1.82) is 0 Å². The van der Waals surface area contributed by atoms with Crippen molar-refractivity contribution in [3.8, 4) is 11.5 Å². The van der Waals surface area contributed by atoms with Gasteiger partial charge < -0.3 is 20.1 Å². The van der Waals surface area contributed by atoms with Crippen molar-refractivity contribution < 1.29 is 27.8 Å². The normalized spacial score (nSPS) is 15.7. The summed E-state index contributed by atoms with van der Waals surface area (Å²) in [6.45, 7) is 6.38. The molecule has 6 aromatic carbocycles. The fourth-order valence-electron chi connectivity index (χ4n) is 8.32. The van der Waals surface area contributed by atoms with E-state index < -0.39 is 0 Å². The maximum atomic E-state index is 13.5. The van der Waals surface area contributed by atoms with E-state index in [1.807, 2.05) is 84.9 Å². The Labute approximate surface area is 396 Å². The molecule has 2 atom stereocenters. The van der Waals surface area contributed by atoms with Gasteiger partial charge in [-0.25, -0.2) is 8.78 Å². The Hall–Kier alpha value is -5.78. The van der Waals surface area contributed by atoms with E-state index in [0.29, 0.717) is 23.3 Å². The Morgan fingerprint density at radius 2 is 0.788 bits per heavy atom. The summed E-state index contributed by atoms with van der Waals surface area (Å²) >= 11 is 12.1. The van der Waals surface area contributed by atoms with Crippen LogP contribution in [0.5, 0.6) is 11.5 Å². The van der Waals surface area contributed by atoms with E-state index in [-0.39, 0.29) is 47.4 Å². The van der Waals surface area contributed by atoms with Crippen molar-refractivity contribution in [2.24, 2.45) is 11.8 Å². The van der Waals surface area contributed by atoms with Gasteiger partial charge in [0.1, 0.15) is 36.3 Å². The number of carbonyl (C=O) groups is 2. The summed E-state index contributed by atoms with van der Waals surface area (Å²) in [7, 11) is 0. The number of ether oxygens (including phenoxy) is 2. The van der Waals surface area contributed by atoms with Crippen LogP contribution in [0, 0.1) is 23.5 Å². The second-order valence-corrected chi connectivity index (χ2v) is 17.5. The van der Waals surface area contributed by atoms with Crippen LogP contribution in [0.25, 0.3) is 0 Å². The molecule has 0 aliphatic carbocycles. The van der Waals surface area contributed by atoms with Crippen LogP contribution in [0.3, 0.4) is 0 Å². The van der Waals surface area contributed by atoms with E-state index in [4.69, 9.17) is 32.7 Å². The lowest BCUT2D eigenvalue weighted by Gasteiger charge is -2.32. The molecule has 0 spiro atoms. The first kappa shape index (κ1) is 48.2. The van der Waals surface area contributed by atoms with Crippen molar-refractivity contribution >= 4 is 35.0 Å². The molecule has 2 heterocycles. The zero-order valence-electron chi connectivity index (χ0n) is 36.8. The van der Waals surface area contributed by atoms with E-state index in [0.717, 1.165) is 98.7 Å². The molecule has 2 fully saturated rings. The zero-order chi connectivity index (χ0) is 46.1. The zero-order valence-corrected chi connectivity index (χ0v) is 38.4. The Balaban J connectivity index is 0.000000196. The number of hydrogen-bond acceptors (Lipinski definition) is 6. The van der Waals surface area contributed by atoms with Crippen molar-refractivity contribution in [3.63, 3.8) is 0 Å². The van der Waals surface area contributed by atoms with Gasteiger partial charge in [0.25, 0.3) is 0 Å². The van der Waals surface area contributed by atoms with Crippen LogP contribution in [0.2, 0.25) is 10.0 Å². The van der Waals surface area contributed by atoms with Crippen LogP contribution < -0.4 is 20.1 Å². The fraction of sp³-hybridized carbons (Fsp3) is 0.296. The molecule has 2 saturated heterocycles. The van der Waals surface area contributed by atoms with Crippen molar-refractivity contribution in [2.75, 3.05) is 52.5 Å². The highest BCUT2D eigenvalue weighted by Gasteiger charge is 2.29. The predicted molar refractivity (Wildman–Crippen MR) is 258 cm³/mol. The summed E-state index contributed by atoms with van der Waals surface area (Å²) in [5.41, 5.74) is 3.50. The van der Waals surface area contributed by atoms with E-state index in [2.05, 4.69) is 20.4 Å². The van der Waals surface area contributed by atoms with Gasteiger partial charge in [-0.05, 0) is 147 Å². The van der Waals surface area contributed by atoms with Crippen LogP contribution in [0.4, 0.5) is 8.78 Å². The van der Waals surface area contributed by atoms with Crippen molar-refractivity contribution in [1.82, 2.24) is 20.4 Å². The molecule has 0 saturated carbocycles. The maximum absolute atomic E-state index is 13.5. The van der Waals surface area contributed by atoms with Gasteiger partial charge in [-0.15, -0.1) is 0 Å². The predicted octanol–water partition coefficient (Wildman–Crippen LogP) is 11.0. The minimum atomic E-state index is -0.354. The molecule has 2 unspecified atom stereocenters. The number of piperidine rings is 2. The molecular formula is C54H56Cl2F2N4O4. The van der Waals surface area contributed by atoms with Crippen LogP contribution in [0.1, 0.15) is 60.0 Å². The monoisotopic (exact) mass is 932 g/mol. The van der Waals surface area contributed by atoms with Gasteiger partial charge in [0.15, 0.2) is 0 Å². The number of rotatable bonds is 16. The number of para-hydroxylation sites is 2. The topological polar surface area (TPSA) is 83.1 Å². The molecule has 0 radical (unpaired) electrons. The maximum Gasteiger partial charge on any atom is 0.223 e. The summed E-state index contributed by atoms with van der Waals surface area (Å²) in [5.74, 6) is 1.10. The summed E-state index contributed by atoms with van der Waals surface area (Å²) < 4.78 is 38.5. The van der Waals surface area contributed by atoms with Gasteiger partial charge >= 0.3 is 0 Å². The van der Waals surface area contributed by atoms with Gasteiger partial charge in [-0.3, -0.25) is 19.4 Å². The first-order valence-electron chi connectivity index (χ1n) is 22.6. The number of amides is 2. The number of likely N-dealkylation sites (tertiary alicyclic amines) is 2. The van der Waals surface area contributed by atoms with Crippen molar-refractivity contribution in [3.05, 3.63) is 202 Å². The largest absolute Gasteiger partial charge is 0.492 e. The third-order valence-corrected chi connectivity index (χ3v) is 12.6. The average molecular weight is 934 g/mol. The molecule has 66 heavy (non-hydrogen) atoms. The van der Waals surface area contributed by atoms with E-state index in [1.165, 1.54) is 24.3 Å². The van der Waals surface area contributed by atoms with Gasteiger partial charge in [0.05, 0.1) is 12.1 Å². The Morgan fingerprint density at radius 3 is 1.11 bits per heavy atom. The first-order valence-corrected chi connectivity index (χ1v) is 23.4. The number of halogens is 4. The Bertz CT molecular complexity index is 2120. The van der Waals surface area contributed by atoms with Gasteiger partial charge in [-0.1, -0.05) is 108 Å². The number of nitrogens with one attached hydrogen (secondary N) is 2. The van der Waals surface area contributed by atoms with Crippen LogP contribution >= 0.6 is 23.2 Å². The summed E-state index contributed by atoms with van der Waals surface area (Å²) in [6.07, 6.45) is 3.20. The average Bonchev–Trinajstić information content (AvgIpc) is 3.35. The second-order valence-electron chi connectivity index (χ2n) is 16.6. The number of hydrogen-bond donors (Lipinski definition) is 2. The number of benzene rings is 6. The lowest BCUT2D eigenvalue weighted by atomic mass is 9.93. The second kappa shape index (κ2) is 24.7. The summed E-state index contributed by atoms with van der Waals surface area (Å²) in [4.78, 5) is 31.0. The third-order valence-electron chi connectivity index (χ3n) is 12.1. The summed E-state index contributed by atoms with van der Waals surface area (Å²) in [5, 5.41) is 7.64. The molecule has 0 aromatic heterocycles. The molecule has 6 aromatic rings. The van der Waals surface area contributed by atoms with Crippen molar-refractivity contribution in [2.45, 2.75) is 37.8 Å². The molecule has 8 rings (SSSR count). The molecule has 0 bridgehead atoms. The first-order chi connectivity index (χ1) is 32.2. The smallest absolute Gasteiger partial charge is 0.223 e. The highest BCUT2D eigenvalue weighted by atomic mass is 35.5.